The second kappa shape index (κ2) is 3.63. The Balaban J connectivity index is 1.79. The predicted octanol–water partition coefficient (Wildman–Crippen LogP) is 3.57. The van der Waals surface area contributed by atoms with Crippen molar-refractivity contribution in [1.82, 2.24) is 0 Å². The summed E-state index contributed by atoms with van der Waals surface area (Å²) in [6.45, 7) is 0. The highest BCUT2D eigenvalue weighted by molar-refractivity contribution is 5.40. The SMILES string of the molecule is FC1(C#Cc2ccccc2)[C@@H]2CCCC[C@@H]21. The standard InChI is InChI=1S/C15H15F/c16-15(13-8-4-5-9-14(13)15)11-10-12-6-2-1-3-7-12/h1-3,6-7,13-14H,4-5,8-9H2/t13-,14+,15?. The summed E-state index contributed by atoms with van der Waals surface area (Å²) in [6.07, 6.45) is 4.43. The summed E-state index contributed by atoms with van der Waals surface area (Å²) in [4.78, 5) is 0. The smallest absolute Gasteiger partial charge is 0.177 e. The Labute approximate surface area is 95.9 Å². The van der Waals surface area contributed by atoms with E-state index in [0.29, 0.717) is 0 Å². The van der Waals surface area contributed by atoms with Gasteiger partial charge in [0.1, 0.15) is 0 Å². The topological polar surface area (TPSA) is 0 Å². The molecule has 0 spiro atoms. The lowest BCUT2D eigenvalue weighted by atomic mass is 10.0. The monoisotopic (exact) mass is 214 g/mol. The molecule has 0 amide bonds. The number of benzene rings is 1. The average molecular weight is 214 g/mol. The fourth-order valence-electron chi connectivity index (χ4n) is 2.93. The molecule has 1 aromatic carbocycles. The van der Waals surface area contributed by atoms with E-state index < -0.39 is 5.67 Å². The van der Waals surface area contributed by atoms with E-state index in [-0.39, 0.29) is 11.8 Å². The Morgan fingerprint density at radius 2 is 1.69 bits per heavy atom. The van der Waals surface area contributed by atoms with Crippen molar-refractivity contribution >= 4 is 0 Å². The molecule has 2 saturated carbocycles. The predicted molar refractivity (Wildman–Crippen MR) is 62.6 cm³/mol. The van der Waals surface area contributed by atoms with E-state index in [1.165, 1.54) is 12.8 Å². The molecule has 0 heterocycles. The van der Waals surface area contributed by atoms with E-state index >= 15 is 0 Å². The Morgan fingerprint density at radius 1 is 1.06 bits per heavy atom. The van der Waals surface area contributed by atoms with E-state index in [2.05, 4.69) is 11.8 Å². The van der Waals surface area contributed by atoms with Crippen LogP contribution in [0.25, 0.3) is 0 Å². The van der Waals surface area contributed by atoms with Crippen LogP contribution in [-0.2, 0) is 0 Å². The minimum atomic E-state index is -1.16. The fraction of sp³-hybridized carbons (Fsp3) is 0.467. The summed E-state index contributed by atoms with van der Waals surface area (Å²) < 4.78 is 14.4. The van der Waals surface area contributed by atoms with Crippen molar-refractivity contribution in [1.29, 1.82) is 0 Å². The first-order valence-electron chi connectivity index (χ1n) is 6.08. The highest BCUT2D eigenvalue weighted by Gasteiger charge is 2.65. The van der Waals surface area contributed by atoms with Crippen molar-refractivity contribution in [3.8, 4) is 11.8 Å². The van der Waals surface area contributed by atoms with Gasteiger partial charge in [0, 0.05) is 17.4 Å². The van der Waals surface area contributed by atoms with Crippen molar-refractivity contribution in [2.45, 2.75) is 31.4 Å². The second-order valence-corrected chi connectivity index (χ2v) is 4.88. The lowest BCUT2D eigenvalue weighted by Gasteiger charge is -2.03. The summed E-state index contributed by atoms with van der Waals surface area (Å²) in [5.41, 5.74) is -0.241. The molecule has 0 aromatic heterocycles. The summed E-state index contributed by atoms with van der Waals surface area (Å²) in [7, 11) is 0. The Kier molecular flexibility index (Phi) is 2.24. The van der Waals surface area contributed by atoms with Crippen LogP contribution in [0.1, 0.15) is 31.2 Å². The molecule has 0 aliphatic heterocycles. The van der Waals surface area contributed by atoms with Gasteiger partial charge in [-0.05, 0) is 25.0 Å². The number of fused-ring (bicyclic) bond motifs is 1. The van der Waals surface area contributed by atoms with Crippen molar-refractivity contribution < 1.29 is 4.39 Å². The van der Waals surface area contributed by atoms with E-state index in [1.807, 2.05) is 30.3 Å². The minimum Gasteiger partial charge on any atom is -0.229 e. The van der Waals surface area contributed by atoms with Gasteiger partial charge in [0.25, 0.3) is 0 Å². The van der Waals surface area contributed by atoms with Crippen LogP contribution in [0, 0.1) is 23.7 Å². The van der Waals surface area contributed by atoms with Gasteiger partial charge < -0.3 is 0 Å². The van der Waals surface area contributed by atoms with Crippen molar-refractivity contribution in [2.75, 3.05) is 0 Å². The van der Waals surface area contributed by atoms with Crippen molar-refractivity contribution in [3.63, 3.8) is 0 Å². The van der Waals surface area contributed by atoms with Gasteiger partial charge in [0.15, 0.2) is 5.67 Å². The highest BCUT2D eigenvalue weighted by atomic mass is 19.1. The number of hydrogen-bond acceptors (Lipinski definition) is 0. The van der Waals surface area contributed by atoms with Gasteiger partial charge >= 0.3 is 0 Å². The van der Waals surface area contributed by atoms with Crippen LogP contribution in [0.4, 0.5) is 4.39 Å². The molecule has 1 aromatic rings. The van der Waals surface area contributed by atoms with Crippen LogP contribution in [0.2, 0.25) is 0 Å². The summed E-state index contributed by atoms with van der Waals surface area (Å²) in [5.74, 6) is 6.32. The highest BCUT2D eigenvalue weighted by Crippen LogP contribution is 2.60. The molecule has 2 aliphatic carbocycles. The third kappa shape index (κ3) is 1.53. The normalized spacial score (nSPS) is 35.8. The molecule has 2 aliphatic rings. The van der Waals surface area contributed by atoms with Crippen molar-refractivity contribution in [2.24, 2.45) is 11.8 Å². The van der Waals surface area contributed by atoms with Crippen LogP contribution in [0.15, 0.2) is 30.3 Å². The first kappa shape index (κ1) is 9.90. The zero-order chi connectivity index (χ0) is 11.0. The van der Waals surface area contributed by atoms with Gasteiger partial charge in [0.2, 0.25) is 0 Å². The summed E-state index contributed by atoms with van der Waals surface area (Å²) in [5, 5.41) is 0. The number of hydrogen-bond donors (Lipinski definition) is 0. The Hall–Kier alpha value is -1.29. The third-order valence-corrected chi connectivity index (χ3v) is 3.91. The largest absolute Gasteiger partial charge is 0.229 e. The number of alkyl halides is 1. The van der Waals surface area contributed by atoms with Crippen LogP contribution in [-0.4, -0.2) is 5.67 Å². The van der Waals surface area contributed by atoms with Crippen LogP contribution in [0.3, 0.4) is 0 Å². The van der Waals surface area contributed by atoms with Gasteiger partial charge in [-0.3, -0.25) is 0 Å². The third-order valence-electron chi connectivity index (χ3n) is 3.91. The fourth-order valence-corrected chi connectivity index (χ4v) is 2.93. The first-order valence-corrected chi connectivity index (χ1v) is 6.08. The number of halogens is 1. The van der Waals surface area contributed by atoms with Gasteiger partial charge in [-0.15, -0.1) is 0 Å². The molecule has 1 unspecified atom stereocenters. The maximum atomic E-state index is 14.4. The molecule has 0 radical (unpaired) electrons. The van der Waals surface area contributed by atoms with E-state index in [1.54, 1.807) is 0 Å². The molecule has 0 N–H and O–H groups in total. The van der Waals surface area contributed by atoms with Crippen LogP contribution >= 0.6 is 0 Å². The second-order valence-electron chi connectivity index (χ2n) is 4.88. The van der Waals surface area contributed by atoms with Gasteiger partial charge in [-0.25, -0.2) is 4.39 Å². The zero-order valence-electron chi connectivity index (χ0n) is 9.25. The summed E-state index contributed by atoms with van der Waals surface area (Å²) >= 11 is 0. The minimum absolute atomic E-state index is 0.234. The zero-order valence-corrected chi connectivity index (χ0v) is 9.25. The Morgan fingerprint density at radius 3 is 2.31 bits per heavy atom. The molecular weight excluding hydrogens is 199 g/mol. The molecule has 0 bridgehead atoms. The summed E-state index contributed by atoms with van der Waals surface area (Å²) in [6, 6.07) is 9.70. The quantitative estimate of drug-likeness (QED) is 0.579. The maximum Gasteiger partial charge on any atom is 0.177 e. The lowest BCUT2D eigenvalue weighted by molar-refractivity contribution is 0.345. The van der Waals surface area contributed by atoms with Gasteiger partial charge in [-0.1, -0.05) is 42.9 Å². The molecule has 1 heteroatoms. The number of rotatable bonds is 0. The van der Waals surface area contributed by atoms with Gasteiger partial charge in [0.05, 0.1) is 0 Å². The molecule has 2 fully saturated rings. The van der Waals surface area contributed by atoms with Crippen LogP contribution < -0.4 is 0 Å². The molecule has 16 heavy (non-hydrogen) atoms. The Bertz CT molecular complexity index is 425. The van der Waals surface area contributed by atoms with Crippen molar-refractivity contribution in [3.05, 3.63) is 35.9 Å². The first-order chi connectivity index (χ1) is 7.81. The van der Waals surface area contributed by atoms with Gasteiger partial charge in [-0.2, -0.15) is 0 Å². The lowest BCUT2D eigenvalue weighted by Crippen LogP contribution is -2.00. The molecule has 0 saturated heterocycles. The molecule has 3 rings (SSSR count). The maximum absolute atomic E-state index is 14.4. The molecule has 0 nitrogen and oxygen atoms in total. The molecule has 82 valence electrons. The molecule has 3 atom stereocenters. The van der Waals surface area contributed by atoms with Crippen LogP contribution in [0.5, 0.6) is 0 Å². The van der Waals surface area contributed by atoms with E-state index in [4.69, 9.17) is 0 Å². The van der Waals surface area contributed by atoms with E-state index in [0.717, 1.165) is 18.4 Å². The average Bonchev–Trinajstić information content (AvgIpc) is 2.96. The molecular formula is C15H15F. The van der Waals surface area contributed by atoms with E-state index in [9.17, 15) is 4.39 Å².